The SMILES string of the molecule is CCCCN1CC(CCC(=O)O)CC(NCCO)C1. The van der Waals surface area contributed by atoms with E-state index in [9.17, 15) is 4.79 Å². The molecule has 1 fully saturated rings. The van der Waals surface area contributed by atoms with E-state index in [0.717, 1.165) is 32.5 Å². The van der Waals surface area contributed by atoms with Crippen LogP contribution in [0, 0.1) is 5.92 Å². The molecule has 0 aromatic heterocycles. The standard InChI is InChI=1S/C14H28N2O3/c1-2-3-7-16-10-12(4-5-14(18)19)9-13(11-16)15-6-8-17/h12-13,15,17H,2-11H2,1H3,(H,18,19). The van der Waals surface area contributed by atoms with Gasteiger partial charge in [-0.3, -0.25) is 4.79 Å². The van der Waals surface area contributed by atoms with Gasteiger partial charge in [-0.05, 0) is 31.7 Å². The van der Waals surface area contributed by atoms with Gasteiger partial charge in [0.05, 0.1) is 6.61 Å². The number of carboxylic acids is 1. The van der Waals surface area contributed by atoms with Gasteiger partial charge in [-0.2, -0.15) is 0 Å². The minimum Gasteiger partial charge on any atom is -0.481 e. The maximum absolute atomic E-state index is 10.7. The Bertz CT molecular complexity index is 245. The minimum absolute atomic E-state index is 0.158. The Labute approximate surface area is 116 Å². The summed E-state index contributed by atoms with van der Waals surface area (Å²) in [6.07, 6.45) is 4.42. The molecule has 1 rings (SSSR count). The van der Waals surface area contributed by atoms with E-state index >= 15 is 0 Å². The molecule has 0 spiro atoms. The molecule has 1 saturated heterocycles. The van der Waals surface area contributed by atoms with E-state index in [0.29, 0.717) is 18.5 Å². The zero-order valence-corrected chi connectivity index (χ0v) is 12.0. The highest BCUT2D eigenvalue weighted by molar-refractivity contribution is 5.66. The Morgan fingerprint density at radius 3 is 2.84 bits per heavy atom. The maximum atomic E-state index is 10.7. The van der Waals surface area contributed by atoms with Crippen molar-refractivity contribution >= 4 is 5.97 Å². The molecule has 2 unspecified atom stereocenters. The van der Waals surface area contributed by atoms with E-state index in [1.54, 1.807) is 0 Å². The summed E-state index contributed by atoms with van der Waals surface area (Å²) in [6, 6.07) is 0.386. The predicted octanol–water partition coefficient (Wildman–Crippen LogP) is 0.924. The summed E-state index contributed by atoms with van der Waals surface area (Å²) in [7, 11) is 0. The first-order valence-corrected chi connectivity index (χ1v) is 7.44. The van der Waals surface area contributed by atoms with Gasteiger partial charge in [0.15, 0.2) is 0 Å². The lowest BCUT2D eigenvalue weighted by Crippen LogP contribution is -2.50. The van der Waals surface area contributed by atoms with Crippen LogP contribution in [0.4, 0.5) is 0 Å². The molecular weight excluding hydrogens is 244 g/mol. The zero-order valence-electron chi connectivity index (χ0n) is 12.0. The van der Waals surface area contributed by atoms with Gasteiger partial charge >= 0.3 is 5.97 Å². The molecule has 1 aliphatic heterocycles. The van der Waals surface area contributed by atoms with Crippen LogP contribution in [0.15, 0.2) is 0 Å². The van der Waals surface area contributed by atoms with Crippen LogP contribution in [0.25, 0.3) is 0 Å². The van der Waals surface area contributed by atoms with E-state index in [1.807, 2.05) is 0 Å². The van der Waals surface area contributed by atoms with E-state index in [-0.39, 0.29) is 13.0 Å². The fourth-order valence-corrected chi connectivity index (χ4v) is 2.82. The molecule has 112 valence electrons. The summed E-state index contributed by atoms with van der Waals surface area (Å²) in [5, 5.41) is 21.0. The Morgan fingerprint density at radius 2 is 2.21 bits per heavy atom. The molecule has 1 aliphatic rings. The van der Waals surface area contributed by atoms with Gasteiger partial charge in [0.25, 0.3) is 0 Å². The fraction of sp³-hybridized carbons (Fsp3) is 0.929. The molecule has 1 heterocycles. The Balaban J connectivity index is 2.43. The number of rotatable bonds is 9. The molecule has 0 aromatic rings. The zero-order chi connectivity index (χ0) is 14.1. The van der Waals surface area contributed by atoms with Crippen molar-refractivity contribution < 1.29 is 15.0 Å². The highest BCUT2D eigenvalue weighted by Crippen LogP contribution is 2.21. The van der Waals surface area contributed by atoms with E-state index in [4.69, 9.17) is 10.2 Å². The minimum atomic E-state index is -0.703. The van der Waals surface area contributed by atoms with Crippen LogP contribution < -0.4 is 5.32 Å². The summed E-state index contributed by atoms with van der Waals surface area (Å²) >= 11 is 0. The van der Waals surface area contributed by atoms with Gasteiger partial charge in [0.2, 0.25) is 0 Å². The number of nitrogens with zero attached hydrogens (tertiary/aromatic N) is 1. The van der Waals surface area contributed by atoms with E-state index in [1.165, 1.54) is 12.8 Å². The van der Waals surface area contributed by atoms with E-state index < -0.39 is 5.97 Å². The van der Waals surface area contributed by atoms with Gasteiger partial charge in [-0.15, -0.1) is 0 Å². The second-order valence-electron chi connectivity index (χ2n) is 5.52. The first-order chi connectivity index (χ1) is 9.15. The number of nitrogens with one attached hydrogen (secondary N) is 1. The highest BCUT2D eigenvalue weighted by atomic mass is 16.4. The Morgan fingerprint density at radius 1 is 1.42 bits per heavy atom. The number of unbranched alkanes of at least 4 members (excludes halogenated alkanes) is 1. The number of piperidine rings is 1. The lowest BCUT2D eigenvalue weighted by molar-refractivity contribution is -0.137. The molecule has 19 heavy (non-hydrogen) atoms. The number of aliphatic carboxylic acids is 1. The number of hydrogen-bond donors (Lipinski definition) is 3. The summed E-state index contributed by atoms with van der Waals surface area (Å²) in [4.78, 5) is 13.1. The molecule has 3 N–H and O–H groups in total. The largest absolute Gasteiger partial charge is 0.481 e. The first-order valence-electron chi connectivity index (χ1n) is 7.44. The van der Waals surface area contributed by atoms with E-state index in [2.05, 4.69) is 17.1 Å². The van der Waals surface area contributed by atoms with Crippen LogP contribution in [0.3, 0.4) is 0 Å². The predicted molar refractivity (Wildman–Crippen MR) is 75.2 cm³/mol. The number of hydrogen-bond acceptors (Lipinski definition) is 4. The smallest absolute Gasteiger partial charge is 0.303 e. The van der Waals surface area contributed by atoms with Crippen molar-refractivity contribution in [3.63, 3.8) is 0 Å². The molecule has 0 radical (unpaired) electrons. The fourth-order valence-electron chi connectivity index (χ4n) is 2.82. The van der Waals surface area contributed by atoms with Crippen LogP contribution in [0.5, 0.6) is 0 Å². The van der Waals surface area contributed by atoms with Crippen molar-refractivity contribution in [1.29, 1.82) is 0 Å². The molecular formula is C14H28N2O3. The molecule has 0 saturated carbocycles. The van der Waals surface area contributed by atoms with Crippen molar-refractivity contribution in [2.75, 3.05) is 32.8 Å². The molecule has 5 heteroatoms. The summed E-state index contributed by atoms with van der Waals surface area (Å²) in [5.74, 6) is -0.247. The number of aliphatic hydroxyl groups excluding tert-OH is 1. The molecule has 2 atom stereocenters. The van der Waals surface area contributed by atoms with Gasteiger partial charge in [0, 0.05) is 32.1 Å². The number of likely N-dealkylation sites (tertiary alicyclic amines) is 1. The average molecular weight is 272 g/mol. The Hall–Kier alpha value is -0.650. The summed E-state index contributed by atoms with van der Waals surface area (Å²) in [6.45, 7) is 6.10. The number of carboxylic acid groups (broad SMARTS) is 1. The molecule has 5 nitrogen and oxygen atoms in total. The second-order valence-corrected chi connectivity index (χ2v) is 5.52. The second kappa shape index (κ2) is 9.28. The topological polar surface area (TPSA) is 72.8 Å². The van der Waals surface area contributed by atoms with Crippen molar-refractivity contribution in [2.24, 2.45) is 5.92 Å². The lowest BCUT2D eigenvalue weighted by Gasteiger charge is -2.38. The number of carbonyl (C=O) groups is 1. The molecule has 0 aliphatic carbocycles. The van der Waals surface area contributed by atoms with Crippen LogP contribution in [-0.2, 0) is 4.79 Å². The van der Waals surface area contributed by atoms with Crippen LogP contribution in [-0.4, -0.2) is 59.9 Å². The lowest BCUT2D eigenvalue weighted by atomic mass is 9.90. The molecule has 0 aromatic carbocycles. The van der Waals surface area contributed by atoms with Crippen molar-refractivity contribution in [3.05, 3.63) is 0 Å². The Kier molecular flexibility index (Phi) is 8.02. The molecule has 0 amide bonds. The van der Waals surface area contributed by atoms with Crippen molar-refractivity contribution in [2.45, 2.75) is 45.1 Å². The van der Waals surface area contributed by atoms with Gasteiger partial charge < -0.3 is 20.4 Å². The van der Waals surface area contributed by atoms with Crippen molar-refractivity contribution in [3.8, 4) is 0 Å². The summed E-state index contributed by atoms with van der Waals surface area (Å²) in [5.41, 5.74) is 0. The number of aliphatic hydroxyl groups is 1. The average Bonchev–Trinajstić information content (AvgIpc) is 2.40. The third kappa shape index (κ3) is 6.89. The summed E-state index contributed by atoms with van der Waals surface area (Å²) < 4.78 is 0. The molecule has 0 bridgehead atoms. The highest BCUT2D eigenvalue weighted by Gasteiger charge is 2.26. The quantitative estimate of drug-likeness (QED) is 0.582. The third-order valence-electron chi connectivity index (χ3n) is 3.75. The monoisotopic (exact) mass is 272 g/mol. The van der Waals surface area contributed by atoms with Crippen LogP contribution in [0.1, 0.15) is 39.0 Å². The van der Waals surface area contributed by atoms with Crippen LogP contribution in [0.2, 0.25) is 0 Å². The van der Waals surface area contributed by atoms with Crippen LogP contribution >= 0.6 is 0 Å². The normalized spacial score (nSPS) is 24.5. The maximum Gasteiger partial charge on any atom is 0.303 e. The van der Waals surface area contributed by atoms with Crippen molar-refractivity contribution in [1.82, 2.24) is 10.2 Å². The van der Waals surface area contributed by atoms with Gasteiger partial charge in [0.1, 0.15) is 0 Å². The first kappa shape index (κ1) is 16.4. The van der Waals surface area contributed by atoms with Gasteiger partial charge in [-0.1, -0.05) is 13.3 Å². The third-order valence-corrected chi connectivity index (χ3v) is 3.75. The van der Waals surface area contributed by atoms with Gasteiger partial charge in [-0.25, -0.2) is 0 Å².